The molecule has 9 heteroatoms. The Morgan fingerprint density at radius 2 is 1.89 bits per heavy atom. The number of carbonyl (C=O) groups excluding carboxylic acids is 2. The van der Waals surface area contributed by atoms with Crippen LogP contribution in [-0.2, 0) is 14.6 Å². The summed E-state index contributed by atoms with van der Waals surface area (Å²) < 4.78 is 30.4. The second kappa shape index (κ2) is 7.31. The number of carbonyl (C=O) groups is 2. The molecule has 0 amide bonds. The number of aryl methyl sites for hydroxylation is 1. The number of hydrogen-bond donors (Lipinski definition) is 2. The van der Waals surface area contributed by atoms with Crippen LogP contribution in [0.15, 0.2) is 24.3 Å². The lowest BCUT2D eigenvalue weighted by atomic mass is 10.1. The summed E-state index contributed by atoms with van der Waals surface area (Å²) in [6, 6.07) is 4.88. The van der Waals surface area contributed by atoms with E-state index < -0.39 is 33.9 Å². The lowest BCUT2D eigenvalue weighted by Gasteiger charge is -2.16. The molecule has 0 aliphatic carbocycles. The van der Waals surface area contributed by atoms with Gasteiger partial charge < -0.3 is 19.5 Å². The molecule has 1 fully saturated rings. The maximum absolute atomic E-state index is 12.5. The molecule has 1 saturated heterocycles. The van der Waals surface area contributed by atoms with Gasteiger partial charge in [-0.15, -0.1) is 0 Å². The van der Waals surface area contributed by atoms with Gasteiger partial charge in [-0.25, -0.2) is 13.2 Å². The summed E-state index contributed by atoms with van der Waals surface area (Å²) in [5.41, 5.74) is 1.61. The summed E-state index contributed by atoms with van der Waals surface area (Å²) in [6.07, 6.45) is 0.501. The van der Waals surface area contributed by atoms with E-state index in [2.05, 4.69) is 0 Å². The number of Topliss-reactive ketones (excluding diaryl/α,β-unsaturated/α-hetero) is 1. The van der Waals surface area contributed by atoms with Gasteiger partial charge in [0.05, 0.1) is 11.5 Å². The molecule has 1 aromatic heterocycles. The minimum Gasteiger partial charge on any atom is -0.508 e. The van der Waals surface area contributed by atoms with Crippen LogP contribution in [0.25, 0.3) is 0 Å². The van der Waals surface area contributed by atoms with Crippen LogP contribution in [0.3, 0.4) is 0 Å². The smallest absolute Gasteiger partial charge is 0.342 e. The van der Waals surface area contributed by atoms with E-state index in [1.54, 1.807) is 19.9 Å². The zero-order valence-electron chi connectivity index (χ0n) is 15.5. The van der Waals surface area contributed by atoms with Crippen LogP contribution in [0.5, 0.6) is 11.5 Å². The van der Waals surface area contributed by atoms with E-state index in [0.717, 1.165) is 11.8 Å². The number of ketones is 1. The summed E-state index contributed by atoms with van der Waals surface area (Å²) in [6.45, 7) is 3.01. The van der Waals surface area contributed by atoms with Crippen molar-refractivity contribution in [3.63, 3.8) is 0 Å². The lowest BCUT2D eigenvalue weighted by Crippen LogP contribution is -2.17. The average molecular weight is 407 g/mol. The number of aromatic hydroxyl groups is 2. The topological polar surface area (TPSA) is 123 Å². The van der Waals surface area contributed by atoms with Gasteiger partial charge in [-0.2, -0.15) is 0 Å². The molecule has 0 bridgehead atoms. The highest BCUT2D eigenvalue weighted by Gasteiger charge is 2.31. The van der Waals surface area contributed by atoms with Gasteiger partial charge in [0.1, 0.15) is 17.1 Å². The first-order chi connectivity index (χ1) is 13.1. The van der Waals surface area contributed by atoms with Crippen molar-refractivity contribution in [3.05, 3.63) is 46.8 Å². The van der Waals surface area contributed by atoms with Gasteiger partial charge in [-0.3, -0.25) is 4.79 Å². The van der Waals surface area contributed by atoms with Crippen LogP contribution >= 0.6 is 0 Å². The van der Waals surface area contributed by atoms with Gasteiger partial charge in [0.2, 0.25) is 5.78 Å². The molecule has 0 radical (unpaired) electrons. The Kier molecular flexibility index (Phi) is 5.20. The normalized spacial score (nSPS) is 18.1. The Bertz CT molecular complexity index is 1050. The molecule has 2 aromatic rings. The number of nitrogens with zero attached hydrogens (tertiary/aromatic N) is 1. The fourth-order valence-electron chi connectivity index (χ4n) is 3.58. The van der Waals surface area contributed by atoms with E-state index in [9.17, 15) is 28.2 Å². The molecule has 2 heterocycles. The SMILES string of the molecule is Cc1cc(C(=O)COC(=O)c2ccc(O)cc2O)c(C)n1C1CCS(=O)(=O)C1. The average Bonchev–Trinajstić information content (AvgIpc) is 3.10. The van der Waals surface area contributed by atoms with Crippen LogP contribution < -0.4 is 0 Å². The lowest BCUT2D eigenvalue weighted by molar-refractivity contribution is 0.0471. The molecule has 1 atom stereocenters. The largest absolute Gasteiger partial charge is 0.508 e. The number of phenolic OH excluding ortho intramolecular Hbond substituents is 2. The van der Waals surface area contributed by atoms with Gasteiger partial charge in [0.25, 0.3) is 0 Å². The quantitative estimate of drug-likeness (QED) is 0.573. The van der Waals surface area contributed by atoms with Crippen LogP contribution in [0, 0.1) is 13.8 Å². The standard InChI is InChI=1S/C19H21NO7S/c1-11-7-16(12(2)20(11)13-5-6-28(25,26)10-13)18(23)9-27-19(24)15-4-3-14(21)8-17(15)22/h3-4,7-8,13,21-22H,5-6,9-10H2,1-2H3. The third-order valence-electron chi connectivity index (χ3n) is 4.89. The van der Waals surface area contributed by atoms with Crippen LogP contribution in [0.1, 0.15) is 44.6 Å². The van der Waals surface area contributed by atoms with E-state index in [1.807, 2.05) is 4.57 Å². The summed E-state index contributed by atoms with van der Waals surface area (Å²) >= 11 is 0. The molecule has 3 rings (SSSR count). The molecule has 28 heavy (non-hydrogen) atoms. The summed E-state index contributed by atoms with van der Waals surface area (Å²) in [5, 5.41) is 19.0. The number of esters is 1. The molecular weight excluding hydrogens is 386 g/mol. The number of sulfone groups is 1. The molecule has 8 nitrogen and oxygen atoms in total. The highest BCUT2D eigenvalue weighted by molar-refractivity contribution is 7.91. The van der Waals surface area contributed by atoms with Crippen molar-refractivity contribution in [1.29, 1.82) is 0 Å². The van der Waals surface area contributed by atoms with Crippen LogP contribution in [0.4, 0.5) is 0 Å². The van der Waals surface area contributed by atoms with Crippen molar-refractivity contribution in [3.8, 4) is 11.5 Å². The van der Waals surface area contributed by atoms with Crippen molar-refractivity contribution < 1.29 is 33.0 Å². The van der Waals surface area contributed by atoms with E-state index in [1.165, 1.54) is 12.1 Å². The highest BCUT2D eigenvalue weighted by atomic mass is 32.2. The number of phenols is 2. The minimum atomic E-state index is -3.06. The predicted octanol–water partition coefficient (Wildman–Crippen LogP) is 1.92. The molecule has 1 aliphatic heterocycles. The van der Waals surface area contributed by atoms with Gasteiger partial charge >= 0.3 is 5.97 Å². The third kappa shape index (κ3) is 3.89. The summed E-state index contributed by atoms with van der Waals surface area (Å²) in [4.78, 5) is 24.6. The first-order valence-electron chi connectivity index (χ1n) is 8.70. The number of benzene rings is 1. The third-order valence-corrected chi connectivity index (χ3v) is 6.64. The fraction of sp³-hybridized carbons (Fsp3) is 0.368. The summed E-state index contributed by atoms with van der Waals surface area (Å²) in [5.74, 6) is -1.78. The van der Waals surface area contributed by atoms with Crippen molar-refractivity contribution in [2.45, 2.75) is 26.3 Å². The van der Waals surface area contributed by atoms with Gasteiger partial charge in [0, 0.05) is 29.1 Å². The van der Waals surface area contributed by atoms with E-state index in [0.29, 0.717) is 17.7 Å². The first kappa shape index (κ1) is 19.9. The maximum atomic E-state index is 12.5. The van der Waals surface area contributed by atoms with Crippen molar-refractivity contribution in [1.82, 2.24) is 4.57 Å². The van der Waals surface area contributed by atoms with Gasteiger partial charge in [-0.05, 0) is 38.5 Å². The van der Waals surface area contributed by atoms with Crippen LogP contribution in [-0.4, -0.2) is 53.1 Å². The molecule has 1 aromatic carbocycles. The Labute approximate surface area is 162 Å². The Balaban J connectivity index is 1.73. The Morgan fingerprint density at radius 3 is 2.50 bits per heavy atom. The van der Waals surface area contributed by atoms with Crippen LogP contribution in [0.2, 0.25) is 0 Å². The monoisotopic (exact) mass is 407 g/mol. The molecule has 1 aliphatic rings. The zero-order valence-corrected chi connectivity index (χ0v) is 16.3. The zero-order chi connectivity index (χ0) is 20.6. The molecule has 2 N–H and O–H groups in total. The second-order valence-corrected chi connectivity index (χ2v) is 9.14. The Morgan fingerprint density at radius 1 is 1.18 bits per heavy atom. The highest BCUT2D eigenvalue weighted by Crippen LogP contribution is 2.29. The minimum absolute atomic E-state index is 0.0477. The molecule has 1 unspecified atom stereocenters. The van der Waals surface area contributed by atoms with Gasteiger partial charge in [-0.1, -0.05) is 0 Å². The molecule has 0 spiro atoms. The Hall–Kier alpha value is -2.81. The summed E-state index contributed by atoms with van der Waals surface area (Å²) in [7, 11) is -3.06. The first-order valence-corrected chi connectivity index (χ1v) is 10.5. The number of hydrogen-bond acceptors (Lipinski definition) is 7. The van der Waals surface area contributed by atoms with E-state index in [4.69, 9.17) is 4.74 Å². The van der Waals surface area contributed by atoms with Crippen molar-refractivity contribution in [2.24, 2.45) is 0 Å². The second-order valence-electron chi connectivity index (χ2n) is 6.91. The van der Waals surface area contributed by atoms with E-state index >= 15 is 0 Å². The number of aromatic nitrogens is 1. The number of ether oxygens (including phenoxy) is 1. The van der Waals surface area contributed by atoms with Crippen molar-refractivity contribution >= 4 is 21.6 Å². The molecule has 0 saturated carbocycles. The predicted molar refractivity (Wildman–Crippen MR) is 101 cm³/mol. The van der Waals surface area contributed by atoms with Crippen molar-refractivity contribution in [2.75, 3.05) is 18.1 Å². The molecular formula is C19H21NO7S. The van der Waals surface area contributed by atoms with E-state index in [-0.39, 0.29) is 28.9 Å². The fourth-order valence-corrected chi connectivity index (χ4v) is 5.28. The number of rotatable bonds is 5. The van der Waals surface area contributed by atoms with Gasteiger partial charge in [0.15, 0.2) is 16.4 Å². The maximum Gasteiger partial charge on any atom is 0.342 e. The molecule has 150 valence electrons.